The quantitative estimate of drug-likeness (QED) is 0.789. The molecule has 1 fully saturated rings. The number of amides is 1. The van der Waals surface area contributed by atoms with Gasteiger partial charge in [0.15, 0.2) is 0 Å². The number of carbonyl (C=O) groups excluding carboxylic acids is 1. The first-order chi connectivity index (χ1) is 11.9. The molecule has 0 unspecified atom stereocenters. The molecule has 1 amide bonds. The lowest BCUT2D eigenvalue weighted by Gasteiger charge is -2.11. The third kappa shape index (κ3) is 4.44. The molecule has 3 rings (SSSR count). The van der Waals surface area contributed by atoms with Crippen LogP contribution in [0.3, 0.4) is 0 Å². The molecule has 0 bridgehead atoms. The molecular weight excluding hydrogens is 346 g/mol. The number of rotatable bonds is 6. The molecule has 2 N–H and O–H groups in total. The van der Waals surface area contributed by atoms with Crippen LogP contribution in [0.4, 0.5) is 0 Å². The first-order valence-corrected chi connectivity index (χ1v) is 9.33. The van der Waals surface area contributed by atoms with Crippen molar-refractivity contribution in [2.45, 2.75) is 30.8 Å². The van der Waals surface area contributed by atoms with Crippen LogP contribution in [-0.4, -0.2) is 38.7 Å². The summed E-state index contributed by atoms with van der Waals surface area (Å²) in [6, 6.07) is 7.50. The average Bonchev–Trinajstić information content (AvgIpc) is 3.25. The van der Waals surface area contributed by atoms with Crippen molar-refractivity contribution in [3.8, 4) is 0 Å². The van der Waals surface area contributed by atoms with E-state index in [0.29, 0.717) is 24.7 Å². The van der Waals surface area contributed by atoms with Gasteiger partial charge in [0.2, 0.25) is 10.0 Å². The second-order valence-corrected chi connectivity index (χ2v) is 7.58. The van der Waals surface area contributed by atoms with E-state index in [9.17, 15) is 13.2 Å². The summed E-state index contributed by atoms with van der Waals surface area (Å²) in [4.78, 5) is 12.3. The van der Waals surface area contributed by atoms with E-state index in [-0.39, 0.29) is 29.0 Å². The highest BCUT2D eigenvalue weighted by molar-refractivity contribution is 7.89. The number of carbonyl (C=O) groups is 1. The minimum atomic E-state index is -3.77. The summed E-state index contributed by atoms with van der Waals surface area (Å²) in [5.74, 6) is 0.281. The van der Waals surface area contributed by atoms with Gasteiger partial charge in [-0.3, -0.25) is 4.79 Å². The van der Waals surface area contributed by atoms with Crippen molar-refractivity contribution in [2.24, 2.45) is 0 Å². The van der Waals surface area contributed by atoms with Crippen molar-refractivity contribution in [2.75, 3.05) is 13.2 Å². The van der Waals surface area contributed by atoms with Crippen LogP contribution in [0.2, 0.25) is 0 Å². The van der Waals surface area contributed by atoms with E-state index in [1.807, 2.05) is 0 Å². The molecule has 1 aliphatic heterocycles. The lowest BCUT2D eigenvalue weighted by molar-refractivity contribution is 0.0929. The summed E-state index contributed by atoms with van der Waals surface area (Å²) in [5.41, 5.74) is 0.767. The number of hydrogen-bond donors (Lipinski definition) is 2. The van der Waals surface area contributed by atoms with Crippen molar-refractivity contribution in [1.29, 1.82) is 0 Å². The topological polar surface area (TPSA) is 111 Å². The van der Waals surface area contributed by atoms with E-state index < -0.39 is 10.0 Å². The smallest absolute Gasteiger partial charge is 0.251 e. The molecule has 0 aliphatic carbocycles. The minimum Gasteiger partial charge on any atom is -0.379 e. The zero-order valence-corrected chi connectivity index (χ0v) is 14.5. The monoisotopic (exact) mass is 365 g/mol. The Morgan fingerprint density at radius 2 is 2.20 bits per heavy atom. The Morgan fingerprint density at radius 3 is 2.88 bits per heavy atom. The van der Waals surface area contributed by atoms with Gasteiger partial charge in [0.05, 0.1) is 29.8 Å². The molecule has 0 spiro atoms. The number of aromatic nitrogens is 1. The third-order valence-electron chi connectivity index (χ3n) is 3.79. The van der Waals surface area contributed by atoms with Crippen molar-refractivity contribution in [3.63, 3.8) is 0 Å². The molecule has 1 aromatic carbocycles. The molecule has 1 aromatic heterocycles. The summed E-state index contributed by atoms with van der Waals surface area (Å²) in [6.45, 7) is 2.82. The van der Waals surface area contributed by atoms with Crippen LogP contribution >= 0.6 is 0 Å². The van der Waals surface area contributed by atoms with Crippen LogP contribution in [0.1, 0.15) is 28.2 Å². The molecule has 9 heteroatoms. The van der Waals surface area contributed by atoms with Gasteiger partial charge in [-0.15, -0.1) is 0 Å². The maximum atomic E-state index is 12.4. The second-order valence-electron chi connectivity index (χ2n) is 5.82. The fourth-order valence-corrected chi connectivity index (χ4v) is 3.52. The molecule has 1 aliphatic rings. The predicted octanol–water partition coefficient (Wildman–Crippen LogP) is 0.980. The molecule has 2 heterocycles. The Morgan fingerprint density at radius 1 is 1.36 bits per heavy atom. The highest BCUT2D eigenvalue weighted by atomic mass is 32.2. The number of benzene rings is 1. The molecule has 0 radical (unpaired) electrons. The first-order valence-electron chi connectivity index (χ1n) is 7.84. The van der Waals surface area contributed by atoms with Crippen molar-refractivity contribution in [3.05, 3.63) is 47.3 Å². The summed E-state index contributed by atoms with van der Waals surface area (Å²) < 4.78 is 37.4. The standard InChI is InChI=1S/C16H19N3O5S/c1-11-7-14(19-24-11)9-17-25(21,22)15-4-2-3-12(8-15)16(20)18-13-5-6-23-10-13/h2-4,7-8,13,17H,5-6,9-10H2,1H3,(H,18,20)/t13-/m1/s1. The molecule has 0 saturated carbocycles. The Kier molecular flexibility index (Phi) is 5.16. The Hall–Kier alpha value is -2.23. The lowest BCUT2D eigenvalue weighted by atomic mass is 10.2. The van der Waals surface area contributed by atoms with Crippen molar-refractivity contribution < 1.29 is 22.5 Å². The average molecular weight is 365 g/mol. The number of sulfonamides is 1. The second kappa shape index (κ2) is 7.34. The maximum absolute atomic E-state index is 12.4. The van der Waals surface area contributed by atoms with Crippen LogP contribution < -0.4 is 10.0 Å². The van der Waals surface area contributed by atoms with Gasteiger partial charge in [-0.05, 0) is 31.5 Å². The SMILES string of the molecule is Cc1cc(CNS(=O)(=O)c2cccc(C(=O)N[C@@H]3CCOC3)c2)no1. The molecule has 25 heavy (non-hydrogen) atoms. The number of ether oxygens (including phenoxy) is 1. The number of hydrogen-bond acceptors (Lipinski definition) is 6. The third-order valence-corrected chi connectivity index (χ3v) is 5.19. The fraction of sp³-hybridized carbons (Fsp3) is 0.375. The maximum Gasteiger partial charge on any atom is 0.251 e. The molecule has 8 nitrogen and oxygen atoms in total. The van der Waals surface area contributed by atoms with Crippen molar-refractivity contribution >= 4 is 15.9 Å². The number of nitrogens with zero attached hydrogens (tertiary/aromatic N) is 1. The van der Waals surface area contributed by atoms with Gasteiger partial charge >= 0.3 is 0 Å². The molecule has 2 aromatic rings. The Labute approximate surface area is 145 Å². The van der Waals surface area contributed by atoms with E-state index in [1.54, 1.807) is 19.1 Å². The van der Waals surface area contributed by atoms with Gasteiger partial charge in [0.1, 0.15) is 5.76 Å². The van der Waals surface area contributed by atoms with E-state index in [0.717, 1.165) is 6.42 Å². The van der Waals surface area contributed by atoms with Gasteiger partial charge in [-0.2, -0.15) is 0 Å². The minimum absolute atomic E-state index is 0.00943. The van der Waals surface area contributed by atoms with Gasteiger partial charge in [-0.25, -0.2) is 13.1 Å². The van der Waals surface area contributed by atoms with E-state index in [1.165, 1.54) is 18.2 Å². The summed E-state index contributed by atoms with van der Waals surface area (Å²) >= 11 is 0. The summed E-state index contributed by atoms with van der Waals surface area (Å²) in [5, 5.41) is 6.57. The van der Waals surface area contributed by atoms with Gasteiger partial charge < -0.3 is 14.6 Å². The van der Waals surface area contributed by atoms with Crippen LogP contribution in [0, 0.1) is 6.92 Å². The van der Waals surface area contributed by atoms with Crippen LogP contribution in [-0.2, 0) is 21.3 Å². The predicted molar refractivity (Wildman–Crippen MR) is 88.4 cm³/mol. The van der Waals surface area contributed by atoms with E-state index >= 15 is 0 Å². The lowest BCUT2D eigenvalue weighted by Crippen LogP contribution is -2.35. The normalized spacial score (nSPS) is 17.6. The fourth-order valence-electron chi connectivity index (χ4n) is 2.48. The van der Waals surface area contributed by atoms with Crippen LogP contribution in [0.25, 0.3) is 0 Å². The van der Waals surface area contributed by atoms with Gasteiger partial charge in [0, 0.05) is 18.2 Å². The molecular formula is C16H19N3O5S. The molecule has 1 saturated heterocycles. The highest BCUT2D eigenvalue weighted by Crippen LogP contribution is 2.13. The van der Waals surface area contributed by atoms with Gasteiger partial charge in [0.25, 0.3) is 5.91 Å². The highest BCUT2D eigenvalue weighted by Gasteiger charge is 2.20. The molecule has 1 atom stereocenters. The largest absolute Gasteiger partial charge is 0.379 e. The zero-order valence-electron chi connectivity index (χ0n) is 13.7. The van der Waals surface area contributed by atoms with Crippen LogP contribution in [0.5, 0.6) is 0 Å². The van der Waals surface area contributed by atoms with E-state index in [4.69, 9.17) is 9.26 Å². The summed E-state index contributed by atoms with van der Waals surface area (Å²) in [7, 11) is -3.77. The van der Waals surface area contributed by atoms with E-state index in [2.05, 4.69) is 15.2 Å². The van der Waals surface area contributed by atoms with Gasteiger partial charge in [-0.1, -0.05) is 11.2 Å². The number of aryl methyl sites for hydroxylation is 1. The molecule has 134 valence electrons. The number of nitrogens with one attached hydrogen (secondary N) is 2. The van der Waals surface area contributed by atoms with Crippen LogP contribution in [0.15, 0.2) is 39.8 Å². The Bertz CT molecular complexity index is 856. The summed E-state index contributed by atoms with van der Waals surface area (Å²) in [6.07, 6.45) is 0.752. The zero-order chi connectivity index (χ0) is 17.9. The Balaban J connectivity index is 1.69. The van der Waals surface area contributed by atoms with Crippen molar-refractivity contribution in [1.82, 2.24) is 15.2 Å². The first kappa shape index (κ1) is 17.6.